The lowest BCUT2D eigenvalue weighted by Crippen LogP contribution is -2.30. The summed E-state index contributed by atoms with van der Waals surface area (Å²) in [5, 5.41) is 12.0. The molecule has 1 atom stereocenters. The second kappa shape index (κ2) is 6.43. The molecule has 0 fully saturated rings. The smallest absolute Gasteiger partial charge is 0.118 e. The molecular formula is C12H19NO2. The molecule has 1 rings (SSSR count). The summed E-state index contributed by atoms with van der Waals surface area (Å²) >= 11 is 0. The van der Waals surface area contributed by atoms with Gasteiger partial charge in [-0.25, -0.2) is 0 Å². The van der Waals surface area contributed by atoms with Gasteiger partial charge in [-0.05, 0) is 37.6 Å². The Morgan fingerprint density at radius 2 is 2.00 bits per heavy atom. The van der Waals surface area contributed by atoms with Crippen LogP contribution >= 0.6 is 0 Å². The third-order valence-corrected chi connectivity index (χ3v) is 2.34. The quantitative estimate of drug-likeness (QED) is 0.740. The third kappa shape index (κ3) is 4.32. The Morgan fingerprint density at radius 1 is 1.33 bits per heavy atom. The fourth-order valence-electron chi connectivity index (χ4n) is 1.32. The van der Waals surface area contributed by atoms with E-state index in [1.807, 2.05) is 19.1 Å². The van der Waals surface area contributed by atoms with E-state index in [1.54, 1.807) is 7.11 Å². The van der Waals surface area contributed by atoms with Gasteiger partial charge in [-0.2, -0.15) is 0 Å². The van der Waals surface area contributed by atoms with Gasteiger partial charge in [0.25, 0.3) is 0 Å². The van der Waals surface area contributed by atoms with Crippen molar-refractivity contribution in [3.8, 4) is 5.75 Å². The van der Waals surface area contributed by atoms with Crippen molar-refractivity contribution in [1.82, 2.24) is 5.32 Å². The number of benzene rings is 1. The van der Waals surface area contributed by atoms with Crippen molar-refractivity contribution in [2.45, 2.75) is 19.4 Å². The minimum atomic E-state index is 0.170. The molecule has 2 N–H and O–H groups in total. The highest BCUT2D eigenvalue weighted by Gasteiger charge is 1.98. The summed E-state index contributed by atoms with van der Waals surface area (Å²) < 4.78 is 5.08. The Bertz CT molecular complexity index is 271. The van der Waals surface area contributed by atoms with Crippen LogP contribution in [-0.2, 0) is 6.42 Å². The van der Waals surface area contributed by atoms with Crippen molar-refractivity contribution in [3.63, 3.8) is 0 Å². The van der Waals surface area contributed by atoms with Crippen LogP contribution in [0.15, 0.2) is 24.3 Å². The van der Waals surface area contributed by atoms with Crippen molar-refractivity contribution >= 4 is 0 Å². The minimum Gasteiger partial charge on any atom is -0.497 e. The van der Waals surface area contributed by atoms with Crippen LogP contribution in [0.4, 0.5) is 0 Å². The molecule has 0 radical (unpaired) electrons. The lowest BCUT2D eigenvalue weighted by Gasteiger charge is -2.10. The number of methoxy groups -OCH3 is 1. The fourth-order valence-corrected chi connectivity index (χ4v) is 1.32. The number of hydrogen-bond acceptors (Lipinski definition) is 3. The maximum absolute atomic E-state index is 8.82. The molecule has 0 aliphatic carbocycles. The predicted molar refractivity (Wildman–Crippen MR) is 61.2 cm³/mol. The highest BCUT2D eigenvalue weighted by atomic mass is 16.5. The largest absolute Gasteiger partial charge is 0.497 e. The lowest BCUT2D eigenvalue weighted by molar-refractivity contribution is 0.252. The molecule has 0 aromatic heterocycles. The summed E-state index contributed by atoms with van der Waals surface area (Å²) in [5.74, 6) is 0.885. The van der Waals surface area contributed by atoms with E-state index in [2.05, 4.69) is 17.4 Å². The highest BCUT2D eigenvalue weighted by molar-refractivity contribution is 5.27. The molecule has 1 unspecified atom stereocenters. The third-order valence-electron chi connectivity index (χ3n) is 2.34. The first-order valence-electron chi connectivity index (χ1n) is 5.23. The molecule has 0 heterocycles. The van der Waals surface area contributed by atoms with E-state index < -0.39 is 0 Å². The second-order valence-electron chi connectivity index (χ2n) is 3.64. The Balaban J connectivity index is 2.31. The van der Waals surface area contributed by atoms with Gasteiger partial charge in [0.05, 0.1) is 13.7 Å². The molecule has 1 aromatic rings. The van der Waals surface area contributed by atoms with Gasteiger partial charge in [0.2, 0.25) is 0 Å². The number of aliphatic hydroxyl groups is 1. The fraction of sp³-hybridized carbons (Fsp3) is 0.500. The van der Waals surface area contributed by atoms with Gasteiger partial charge in [-0.1, -0.05) is 12.1 Å². The topological polar surface area (TPSA) is 41.5 Å². The molecule has 0 saturated carbocycles. The molecule has 0 saturated heterocycles. The average Bonchev–Trinajstić information content (AvgIpc) is 2.29. The van der Waals surface area contributed by atoms with E-state index in [0.717, 1.165) is 18.7 Å². The van der Waals surface area contributed by atoms with Gasteiger partial charge in [-0.15, -0.1) is 0 Å². The summed E-state index contributed by atoms with van der Waals surface area (Å²) in [6.45, 7) is 3.03. The van der Waals surface area contributed by atoms with E-state index in [0.29, 0.717) is 0 Å². The van der Waals surface area contributed by atoms with E-state index in [4.69, 9.17) is 9.84 Å². The standard InChI is InChI=1S/C12H19NO2/c1-10(9-14)13-8-7-11-3-5-12(15-2)6-4-11/h3-6,10,13-14H,7-9H2,1-2H3. The van der Waals surface area contributed by atoms with Crippen LogP contribution in [0.5, 0.6) is 5.75 Å². The van der Waals surface area contributed by atoms with Crippen LogP contribution in [-0.4, -0.2) is 31.4 Å². The van der Waals surface area contributed by atoms with Crippen LogP contribution < -0.4 is 10.1 Å². The van der Waals surface area contributed by atoms with E-state index in [9.17, 15) is 0 Å². The van der Waals surface area contributed by atoms with E-state index in [1.165, 1.54) is 5.56 Å². The number of hydrogen-bond donors (Lipinski definition) is 2. The maximum atomic E-state index is 8.82. The molecule has 0 amide bonds. The van der Waals surface area contributed by atoms with E-state index in [-0.39, 0.29) is 12.6 Å². The van der Waals surface area contributed by atoms with Crippen molar-refractivity contribution < 1.29 is 9.84 Å². The minimum absolute atomic E-state index is 0.170. The van der Waals surface area contributed by atoms with Gasteiger partial charge in [0.15, 0.2) is 0 Å². The van der Waals surface area contributed by atoms with Gasteiger partial charge < -0.3 is 15.2 Å². The number of aliphatic hydroxyl groups excluding tert-OH is 1. The zero-order valence-electron chi connectivity index (χ0n) is 9.36. The molecule has 0 aliphatic rings. The van der Waals surface area contributed by atoms with Crippen molar-refractivity contribution in [2.75, 3.05) is 20.3 Å². The molecule has 0 bridgehead atoms. The van der Waals surface area contributed by atoms with Gasteiger partial charge in [0.1, 0.15) is 5.75 Å². The first-order chi connectivity index (χ1) is 7.26. The van der Waals surface area contributed by atoms with Gasteiger partial charge in [-0.3, -0.25) is 0 Å². The zero-order chi connectivity index (χ0) is 11.1. The summed E-state index contributed by atoms with van der Waals surface area (Å²) in [6.07, 6.45) is 0.967. The molecule has 0 spiro atoms. The number of ether oxygens (including phenoxy) is 1. The van der Waals surface area contributed by atoms with E-state index >= 15 is 0 Å². The summed E-state index contributed by atoms with van der Waals surface area (Å²) in [7, 11) is 1.67. The first kappa shape index (κ1) is 12.0. The molecule has 0 aliphatic heterocycles. The van der Waals surface area contributed by atoms with Crippen LogP contribution in [0, 0.1) is 0 Å². The van der Waals surface area contributed by atoms with Crippen molar-refractivity contribution in [2.24, 2.45) is 0 Å². The SMILES string of the molecule is COc1ccc(CCNC(C)CO)cc1. The van der Waals surface area contributed by atoms with Crippen molar-refractivity contribution in [1.29, 1.82) is 0 Å². The summed E-state index contributed by atoms with van der Waals surface area (Å²) in [6, 6.07) is 8.22. The Kier molecular flexibility index (Phi) is 5.15. The van der Waals surface area contributed by atoms with Gasteiger partial charge in [0, 0.05) is 6.04 Å². The molecule has 3 heteroatoms. The van der Waals surface area contributed by atoms with Crippen LogP contribution in [0.2, 0.25) is 0 Å². The average molecular weight is 209 g/mol. The normalized spacial score (nSPS) is 12.5. The van der Waals surface area contributed by atoms with Crippen LogP contribution in [0.1, 0.15) is 12.5 Å². The lowest BCUT2D eigenvalue weighted by atomic mass is 10.1. The zero-order valence-corrected chi connectivity index (χ0v) is 9.36. The van der Waals surface area contributed by atoms with Gasteiger partial charge >= 0.3 is 0 Å². The van der Waals surface area contributed by atoms with Crippen LogP contribution in [0.25, 0.3) is 0 Å². The first-order valence-corrected chi connectivity index (χ1v) is 5.23. The number of nitrogens with one attached hydrogen (secondary N) is 1. The number of rotatable bonds is 6. The molecule has 15 heavy (non-hydrogen) atoms. The maximum Gasteiger partial charge on any atom is 0.118 e. The van der Waals surface area contributed by atoms with Crippen LogP contribution in [0.3, 0.4) is 0 Å². The highest BCUT2D eigenvalue weighted by Crippen LogP contribution is 2.11. The molecule has 1 aromatic carbocycles. The van der Waals surface area contributed by atoms with Crippen molar-refractivity contribution in [3.05, 3.63) is 29.8 Å². The molecule has 3 nitrogen and oxygen atoms in total. The Labute approximate surface area is 91.1 Å². The summed E-state index contributed by atoms with van der Waals surface area (Å²) in [4.78, 5) is 0. The summed E-state index contributed by atoms with van der Waals surface area (Å²) in [5.41, 5.74) is 1.27. The molecule has 84 valence electrons. The Hall–Kier alpha value is -1.06. The predicted octanol–water partition coefficient (Wildman–Crippen LogP) is 1.21. The molecular weight excluding hydrogens is 190 g/mol. The monoisotopic (exact) mass is 209 g/mol. The second-order valence-corrected chi connectivity index (χ2v) is 3.64. The Morgan fingerprint density at radius 3 is 2.53 bits per heavy atom.